The summed E-state index contributed by atoms with van der Waals surface area (Å²) in [5.74, 6) is 0. The molecule has 2 aromatic rings. The first-order valence-corrected chi connectivity index (χ1v) is 6.49. The molecule has 0 bridgehead atoms. The smallest absolute Gasteiger partial charge is 0.264 e. The van der Waals surface area contributed by atoms with Gasteiger partial charge in [0.15, 0.2) is 0 Å². The second-order valence-corrected chi connectivity index (χ2v) is 5.29. The van der Waals surface area contributed by atoms with Crippen molar-refractivity contribution in [2.75, 3.05) is 0 Å². The van der Waals surface area contributed by atoms with Crippen LogP contribution in [0.3, 0.4) is 0 Å². The van der Waals surface area contributed by atoms with Crippen LogP contribution in [-0.2, 0) is 20.9 Å². The summed E-state index contributed by atoms with van der Waals surface area (Å²) in [4.78, 5) is 3.82. The van der Waals surface area contributed by atoms with Crippen molar-refractivity contribution in [1.82, 2.24) is 4.98 Å². The van der Waals surface area contributed by atoms with Crippen LogP contribution in [0.2, 0.25) is 0 Å². The Kier molecular flexibility index (Phi) is 3.46. The molecule has 19 heavy (non-hydrogen) atoms. The van der Waals surface area contributed by atoms with E-state index in [1.54, 1.807) is 24.3 Å². The van der Waals surface area contributed by atoms with Gasteiger partial charge in [0.05, 0.1) is 6.61 Å². The highest BCUT2D eigenvalue weighted by Crippen LogP contribution is 2.26. The highest BCUT2D eigenvalue weighted by molar-refractivity contribution is 7.87. The quantitative estimate of drug-likeness (QED) is 0.644. The summed E-state index contributed by atoms with van der Waals surface area (Å²) in [6.07, 6.45) is 2.80. The van der Waals surface area contributed by atoms with Crippen LogP contribution >= 0.6 is 0 Å². The van der Waals surface area contributed by atoms with Gasteiger partial charge in [0.2, 0.25) is 0 Å². The molecule has 4 nitrogen and oxygen atoms in total. The second-order valence-electron chi connectivity index (χ2n) is 3.68. The van der Waals surface area contributed by atoms with Gasteiger partial charge in [-0.25, -0.2) is 0 Å². The Balaban J connectivity index is 2.29. The minimum atomic E-state index is -5.59. The van der Waals surface area contributed by atoms with Crippen LogP contribution in [-0.4, -0.2) is 18.9 Å². The largest absolute Gasteiger partial charge is 0.523 e. The molecule has 0 saturated heterocycles. The zero-order valence-corrected chi connectivity index (χ0v) is 10.2. The van der Waals surface area contributed by atoms with Gasteiger partial charge in [0.1, 0.15) is 0 Å². The summed E-state index contributed by atoms with van der Waals surface area (Å²) in [5, 5.41) is 1.28. The van der Waals surface area contributed by atoms with Crippen molar-refractivity contribution >= 4 is 20.9 Å². The molecule has 102 valence electrons. The lowest BCUT2D eigenvalue weighted by Gasteiger charge is -2.09. The number of rotatable bonds is 3. The Bertz CT molecular complexity index is 692. The monoisotopic (exact) mass is 291 g/mol. The standard InChI is InChI=1S/C11H8F3NO3S/c12-11(13,14)19(16,17)18-7-9-6-15-5-8-3-1-2-4-10(8)9/h1-6H,7H2. The van der Waals surface area contributed by atoms with Gasteiger partial charge in [0, 0.05) is 23.3 Å². The zero-order chi connectivity index (χ0) is 14.1. The van der Waals surface area contributed by atoms with Crippen molar-refractivity contribution in [3.8, 4) is 0 Å². The van der Waals surface area contributed by atoms with Gasteiger partial charge in [-0.3, -0.25) is 9.17 Å². The van der Waals surface area contributed by atoms with Crippen LogP contribution in [0.5, 0.6) is 0 Å². The van der Waals surface area contributed by atoms with Crippen molar-refractivity contribution in [1.29, 1.82) is 0 Å². The van der Waals surface area contributed by atoms with Crippen LogP contribution in [0.25, 0.3) is 10.8 Å². The summed E-state index contributed by atoms with van der Waals surface area (Å²) in [6, 6.07) is 6.78. The molecule has 0 fully saturated rings. The third-order valence-electron chi connectivity index (χ3n) is 2.40. The van der Waals surface area contributed by atoms with Crippen LogP contribution in [0, 0.1) is 0 Å². The molecule has 0 N–H and O–H groups in total. The lowest BCUT2D eigenvalue weighted by atomic mass is 10.1. The zero-order valence-electron chi connectivity index (χ0n) is 9.39. The van der Waals surface area contributed by atoms with Crippen molar-refractivity contribution in [3.63, 3.8) is 0 Å². The molecular weight excluding hydrogens is 283 g/mol. The maximum absolute atomic E-state index is 12.1. The molecule has 0 aliphatic heterocycles. The first-order valence-electron chi connectivity index (χ1n) is 5.08. The van der Waals surface area contributed by atoms with Crippen molar-refractivity contribution in [2.24, 2.45) is 0 Å². The molecule has 0 radical (unpaired) electrons. The molecule has 0 unspecified atom stereocenters. The number of hydrogen-bond acceptors (Lipinski definition) is 4. The number of fused-ring (bicyclic) bond motifs is 1. The van der Waals surface area contributed by atoms with Crippen LogP contribution in [0.15, 0.2) is 36.7 Å². The lowest BCUT2D eigenvalue weighted by molar-refractivity contribution is -0.0547. The molecule has 1 aromatic carbocycles. The topological polar surface area (TPSA) is 56.3 Å². The van der Waals surface area contributed by atoms with Gasteiger partial charge in [-0.15, -0.1) is 0 Å². The molecule has 1 heterocycles. The number of aromatic nitrogens is 1. The number of alkyl halides is 3. The second kappa shape index (κ2) is 4.78. The molecule has 0 saturated carbocycles. The van der Waals surface area contributed by atoms with Crippen molar-refractivity contribution in [3.05, 3.63) is 42.2 Å². The van der Waals surface area contributed by atoms with Crippen LogP contribution in [0.1, 0.15) is 5.56 Å². The van der Waals surface area contributed by atoms with E-state index in [4.69, 9.17) is 0 Å². The van der Waals surface area contributed by atoms with E-state index in [1.807, 2.05) is 0 Å². The Morgan fingerprint density at radius 2 is 1.84 bits per heavy atom. The number of pyridine rings is 1. The van der Waals surface area contributed by atoms with Crippen LogP contribution < -0.4 is 0 Å². The Hall–Kier alpha value is -1.67. The van der Waals surface area contributed by atoms with Gasteiger partial charge < -0.3 is 0 Å². The first-order chi connectivity index (χ1) is 8.81. The molecule has 0 atom stereocenters. The number of benzene rings is 1. The average molecular weight is 291 g/mol. The van der Waals surface area contributed by atoms with E-state index in [9.17, 15) is 21.6 Å². The van der Waals surface area contributed by atoms with Crippen molar-refractivity contribution < 1.29 is 25.8 Å². The molecular formula is C11H8F3NO3S. The molecule has 2 rings (SSSR count). The molecule has 1 aromatic heterocycles. The summed E-state index contributed by atoms with van der Waals surface area (Å²) in [7, 11) is -5.59. The van der Waals surface area contributed by atoms with Crippen LogP contribution in [0.4, 0.5) is 13.2 Å². The van der Waals surface area contributed by atoms with Gasteiger partial charge >= 0.3 is 15.6 Å². The van der Waals surface area contributed by atoms with Gasteiger partial charge in [0.25, 0.3) is 0 Å². The summed E-state index contributed by atoms with van der Waals surface area (Å²) >= 11 is 0. The summed E-state index contributed by atoms with van der Waals surface area (Å²) < 4.78 is 61.9. The predicted molar refractivity (Wildman–Crippen MR) is 61.5 cm³/mol. The fourth-order valence-corrected chi connectivity index (χ4v) is 1.92. The predicted octanol–water partition coefficient (Wildman–Crippen LogP) is 2.60. The van der Waals surface area contributed by atoms with E-state index in [0.717, 1.165) is 0 Å². The fraction of sp³-hybridized carbons (Fsp3) is 0.182. The Morgan fingerprint density at radius 1 is 1.16 bits per heavy atom. The van der Waals surface area contributed by atoms with E-state index in [0.29, 0.717) is 10.8 Å². The third-order valence-corrected chi connectivity index (χ3v) is 3.40. The van der Waals surface area contributed by atoms with Gasteiger partial charge in [-0.2, -0.15) is 21.6 Å². The van der Waals surface area contributed by atoms with E-state index in [2.05, 4.69) is 9.17 Å². The molecule has 8 heteroatoms. The Labute approximate surface area is 107 Å². The third kappa shape index (κ3) is 2.85. The lowest BCUT2D eigenvalue weighted by Crippen LogP contribution is -2.25. The van der Waals surface area contributed by atoms with Crippen molar-refractivity contribution in [2.45, 2.75) is 12.1 Å². The average Bonchev–Trinajstić information content (AvgIpc) is 2.35. The van der Waals surface area contributed by atoms with Gasteiger partial charge in [-0.05, 0) is 5.39 Å². The maximum atomic E-state index is 12.1. The Morgan fingerprint density at radius 3 is 2.53 bits per heavy atom. The highest BCUT2D eigenvalue weighted by atomic mass is 32.2. The normalized spacial score (nSPS) is 12.8. The minimum Gasteiger partial charge on any atom is -0.264 e. The number of hydrogen-bond donors (Lipinski definition) is 0. The van der Waals surface area contributed by atoms with Gasteiger partial charge in [-0.1, -0.05) is 24.3 Å². The molecule has 0 aliphatic carbocycles. The number of nitrogens with zero attached hydrogens (tertiary/aromatic N) is 1. The molecule has 0 spiro atoms. The highest BCUT2D eigenvalue weighted by Gasteiger charge is 2.47. The molecule has 0 amide bonds. The fourth-order valence-electron chi connectivity index (χ4n) is 1.50. The van der Waals surface area contributed by atoms with E-state index >= 15 is 0 Å². The first kappa shape index (κ1) is 13.8. The summed E-state index contributed by atoms with van der Waals surface area (Å²) in [6.45, 7) is -0.712. The summed E-state index contributed by atoms with van der Waals surface area (Å²) in [5.41, 5.74) is -5.16. The van der Waals surface area contributed by atoms with E-state index < -0.39 is 22.2 Å². The maximum Gasteiger partial charge on any atom is 0.523 e. The molecule has 0 aliphatic rings. The SMILES string of the molecule is O=S(=O)(OCc1cncc2ccccc12)C(F)(F)F. The van der Waals surface area contributed by atoms with E-state index in [1.165, 1.54) is 12.4 Å². The minimum absolute atomic E-state index is 0.269. The van der Waals surface area contributed by atoms with E-state index in [-0.39, 0.29) is 5.56 Å². The number of halogens is 3.